The first-order valence-electron chi connectivity index (χ1n) is 11.3. The highest BCUT2D eigenvalue weighted by Crippen LogP contribution is 2.31. The van der Waals surface area contributed by atoms with Gasteiger partial charge in [0.15, 0.2) is 0 Å². The number of morpholine rings is 1. The van der Waals surface area contributed by atoms with Crippen molar-refractivity contribution in [3.8, 4) is 0 Å². The van der Waals surface area contributed by atoms with Gasteiger partial charge in [0.1, 0.15) is 17.6 Å². The van der Waals surface area contributed by atoms with E-state index in [2.05, 4.69) is 10.2 Å². The van der Waals surface area contributed by atoms with Crippen LogP contribution in [0.1, 0.15) is 39.0 Å². The van der Waals surface area contributed by atoms with Gasteiger partial charge in [0.2, 0.25) is 5.91 Å². The fourth-order valence-electron chi connectivity index (χ4n) is 4.45. The van der Waals surface area contributed by atoms with Crippen LogP contribution in [-0.4, -0.2) is 47.9 Å². The minimum Gasteiger partial charge on any atom is -0.463 e. The quantitative estimate of drug-likeness (QED) is 0.605. The maximum atomic E-state index is 13.4. The van der Waals surface area contributed by atoms with Gasteiger partial charge in [0.25, 0.3) is 5.91 Å². The molecule has 33 heavy (non-hydrogen) atoms. The summed E-state index contributed by atoms with van der Waals surface area (Å²) in [6.45, 7) is 4.65. The van der Waals surface area contributed by atoms with Gasteiger partial charge in [-0.2, -0.15) is 0 Å². The van der Waals surface area contributed by atoms with E-state index in [0.717, 1.165) is 49.7 Å². The van der Waals surface area contributed by atoms with E-state index in [9.17, 15) is 9.59 Å². The molecule has 2 aliphatic heterocycles. The molecule has 2 aliphatic rings. The predicted molar refractivity (Wildman–Crippen MR) is 122 cm³/mol. The SMILES string of the molecule is O=C(NCc1ccc(CN2CCOCC2)o1)[C@H](c1ccccc1)N1Cc2ccccc2C1=O. The number of ether oxygens (including phenoxy) is 1. The van der Waals surface area contributed by atoms with Crippen molar-refractivity contribution in [3.05, 3.63) is 94.9 Å². The lowest BCUT2D eigenvalue weighted by Crippen LogP contribution is -2.40. The Bertz CT molecular complexity index is 1120. The third-order valence-electron chi connectivity index (χ3n) is 6.16. The van der Waals surface area contributed by atoms with E-state index >= 15 is 0 Å². The average molecular weight is 446 g/mol. The average Bonchev–Trinajstić information content (AvgIpc) is 3.44. The van der Waals surface area contributed by atoms with Crippen molar-refractivity contribution >= 4 is 11.8 Å². The van der Waals surface area contributed by atoms with Crippen molar-refractivity contribution in [2.24, 2.45) is 0 Å². The molecule has 5 rings (SSSR count). The molecule has 3 aromatic rings. The Balaban J connectivity index is 1.28. The summed E-state index contributed by atoms with van der Waals surface area (Å²) in [5.41, 5.74) is 2.38. The monoisotopic (exact) mass is 445 g/mol. The van der Waals surface area contributed by atoms with Crippen LogP contribution in [0.15, 0.2) is 71.1 Å². The Kier molecular flexibility index (Phi) is 6.24. The zero-order chi connectivity index (χ0) is 22.6. The van der Waals surface area contributed by atoms with Crippen molar-refractivity contribution in [1.29, 1.82) is 0 Å². The number of fused-ring (bicyclic) bond motifs is 1. The molecule has 0 unspecified atom stereocenters. The molecular formula is C26H27N3O4. The maximum absolute atomic E-state index is 13.4. The number of nitrogens with zero attached hydrogens (tertiary/aromatic N) is 2. The summed E-state index contributed by atoms with van der Waals surface area (Å²) in [4.78, 5) is 30.4. The number of rotatable bonds is 7. The molecule has 2 aromatic carbocycles. The highest BCUT2D eigenvalue weighted by molar-refractivity contribution is 6.01. The van der Waals surface area contributed by atoms with Crippen LogP contribution in [0, 0.1) is 0 Å². The molecule has 1 aromatic heterocycles. The lowest BCUT2D eigenvalue weighted by atomic mass is 10.0. The first-order chi connectivity index (χ1) is 16.2. The van der Waals surface area contributed by atoms with Gasteiger partial charge in [-0.05, 0) is 29.3 Å². The number of carbonyl (C=O) groups is 2. The number of benzene rings is 2. The van der Waals surface area contributed by atoms with Crippen molar-refractivity contribution in [3.63, 3.8) is 0 Å². The summed E-state index contributed by atoms with van der Waals surface area (Å²) in [6.07, 6.45) is 0. The number of carbonyl (C=O) groups excluding carboxylic acids is 2. The van der Waals surface area contributed by atoms with Gasteiger partial charge in [-0.1, -0.05) is 48.5 Å². The third kappa shape index (κ3) is 4.69. The van der Waals surface area contributed by atoms with Crippen LogP contribution in [0.4, 0.5) is 0 Å². The van der Waals surface area contributed by atoms with Crippen LogP contribution >= 0.6 is 0 Å². The molecule has 1 fully saturated rings. The normalized spacial score (nSPS) is 17.1. The molecule has 0 radical (unpaired) electrons. The van der Waals surface area contributed by atoms with Gasteiger partial charge in [0, 0.05) is 25.2 Å². The van der Waals surface area contributed by atoms with Crippen LogP contribution in [0.5, 0.6) is 0 Å². The Morgan fingerprint density at radius 2 is 1.67 bits per heavy atom. The topological polar surface area (TPSA) is 75.0 Å². The summed E-state index contributed by atoms with van der Waals surface area (Å²) < 4.78 is 11.3. The molecule has 7 nitrogen and oxygen atoms in total. The second kappa shape index (κ2) is 9.60. The summed E-state index contributed by atoms with van der Waals surface area (Å²) in [6, 6.07) is 20.1. The van der Waals surface area contributed by atoms with Crippen LogP contribution in [0.2, 0.25) is 0 Å². The van der Waals surface area contributed by atoms with Crippen molar-refractivity contribution in [1.82, 2.24) is 15.1 Å². The van der Waals surface area contributed by atoms with Gasteiger partial charge >= 0.3 is 0 Å². The van der Waals surface area contributed by atoms with E-state index < -0.39 is 6.04 Å². The Labute approximate surface area is 192 Å². The van der Waals surface area contributed by atoms with Gasteiger partial charge < -0.3 is 19.4 Å². The van der Waals surface area contributed by atoms with Gasteiger partial charge in [0.05, 0.1) is 26.3 Å². The fraction of sp³-hybridized carbons (Fsp3) is 0.308. The number of furan rings is 1. The first kappa shape index (κ1) is 21.4. The molecular weight excluding hydrogens is 418 g/mol. The van der Waals surface area contributed by atoms with E-state index in [-0.39, 0.29) is 18.4 Å². The summed E-state index contributed by atoms with van der Waals surface area (Å²) in [5, 5.41) is 2.98. The van der Waals surface area contributed by atoms with Crippen molar-refractivity contribution < 1.29 is 18.7 Å². The molecule has 3 heterocycles. The zero-order valence-corrected chi connectivity index (χ0v) is 18.4. The molecule has 7 heteroatoms. The standard InChI is InChI=1S/C26H27N3O4/c30-25(27-16-21-10-11-22(33-21)18-28-12-14-32-15-13-28)24(19-6-2-1-3-7-19)29-17-20-8-4-5-9-23(20)26(29)31/h1-11,24H,12-18H2,(H,27,30)/t24-/m0/s1. The van der Waals surface area contributed by atoms with Crippen LogP contribution < -0.4 is 5.32 Å². The van der Waals surface area contributed by atoms with Gasteiger partial charge in [-0.25, -0.2) is 0 Å². The third-order valence-corrected chi connectivity index (χ3v) is 6.16. The van der Waals surface area contributed by atoms with Crippen LogP contribution in [0.25, 0.3) is 0 Å². The van der Waals surface area contributed by atoms with Crippen LogP contribution in [0.3, 0.4) is 0 Å². The summed E-state index contributed by atoms with van der Waals surface area (Å²) in [5.74, 6) is 1.20. The Hall–Kier alpha value is -3.42. The number of hydrogen-bond acceptors (Lipinski definition) is 5. The highest BCUT2D eigenvalue weighted by atomic mass is 16.5. The predicted octanol–water partition coefficient (Wildman–Crippen LogP) is 3.13. The van der Waals surface area contributed by atoms with E-state index in [1.54, 1.807) is 4.90 Å². The molecule has 2 amide bonds. The highest BCUT2D eigenvalue weighted by Gasteiger charge is 2.37. The second-order valence-electron chi connectivity index (χ2n) is 8.38. The largest absolute Gasteiger partial charge is 0.463 e. The Morgan fingerprint density at radius 1 is 0.939 bits per heavy atom. The molecule has 1 N–H and O–H groups in total. The molecule has 0 bridgehead atoms. The molecule has 0 saturated carbocycles. The minimum atomic E-state index is -0.714. The first-order valence-corrected chi connectivity index (χ1v) is 11.3. The van der Waals surface area contributed by atoms with E-state index in [0.29, 0.717) is 17.9 Å². The lowest BCUT2D eigenvalue weighted by molar-refractivity contribution is -0.126. The Morgan fingerprint density at radius 3 is 2.45 bits per heavy atom. The fourth-order valence-corrected chi connectivity index (χ4v) is 4.45. The van der Waals surface area contributed by atoms with Gasteiger partial charge in [-0.3, -0.25) is 14.5 Å². The van der Waals surface area contributed by atoms with E-state index in [1.165, 1.54) is 0 Å². The summed E-state index contributed by atoms with van der Waals surface area (Å²) in [7, 11) is 0. The lowest BCUT2D eigenvalue weighted by Gasteiger charge is -2.27. The molecule has 1 saturated heterocycles. The second-order valence-corrected chi connectivity index (χ2v) is 8.38. The maximum Gasteiger partial charge on any atom is 0.255 e. The minimum absolute atomic E-state index is 0.125. The van der Waals surface area contributed by atoms with Gasteiger partial charge in [-0.15, -0.1) is 0 Å². The number of nitrogens with one attached hydrogen (secondary N) is 1. The number of hydrogen-bond donors (Lipinski definition) is 1. The van der Waals surface area contributed by atoms with E-state index in [4.69, 9.17) is 9.15 Å². The molecule has 0 aliphatic carbocycles. The van der Waals surface area contributed by atoms with Crippen molar-refractivity contribution in [2.75, 3.05) is 26.3 Å². The zero-order valence-electron chi connectivity index (χ0n) is 18.4. The van der Waals surface area contributed by atoms with E-state index in [1.807, 2.05) is 66.7 Å². The molecule has 0 spiro atoms. The van der Waals surface area contributed by atoms with Crippen molar-refractivity contribution in [2.45, 2.75) is 25.7 Å². The van der Waals surface area contributed by atoms with Crippen LogP contribution in [-0.2, 0) is 29.2 Å². The number of amides is 2. The smallest absolute Gasteiger partial charge is 0.255 e. The molecule has 1 atom stereocenters. The molecule has 170 valence electrons. The summed E-state index contributed by atoms with van der Waals surface area (Å²) >= 11 is 0.